The number of benzene rings is 8. The minimum Gasteiger partial charge on any atom is -0.311 e. The number of hydrogen-bond acceptors (Lipinski definition) is 1. The Hall–Kier alpha value is -7.66. The van der Waals surface area contributed by atoms with Gasteiger partial charge in [0.1, 0.15) is 0 Å². The third-order valence-electron chi connectivity index (χ3n) is 11.1. The van der Waals surface area contributed by atoms with Crippen molar-refractivity contribution in [3.63, 3.8) is 0 Å². The Morgan fingerprint density at radius 1 is 0.446 bits per heavy atom. The number of hydrogen-bond donors (Lipinski definition) is 0. The van der Waals surface area contributed by atoms with E-state index in [0.29, 0.717) is 11.3 Å². The van der Waals surface area contributed by atoms with E-state index >= 15 is 0 Å². The molecule has 0 saturated carbocycles. The van der Waals surface area contributed by atoms with Crippen molar-refractivity contribution in [3.8, 4) is 50.8 Å². The van der Waals surface area contributed by atoms with Gasteiger partial charge in [0, 0.05) is 32.9 Å². The molecule has 0 unspecified atom stereocenters. The van der Waals surface area contributed by atoms with Crippen molar-refractivity contribution in [3.05, 3.63) is 198 Å². The summed E-state index contributed by atoms with van der Waals surface area (Å²) in [7, 11) is 0. The molecule has 10 rings (SSSR count). The standard InChI is InChI=1S/C52H34N4/c1-33-10-8-12-35(26-33)37-18-24-51-46(29-37)44-14-4-6-16-49(44)55(51)40-20-22-42(39(28-40)32-53)43-23-21-41(31-48(43)54-3)56-50-17-7-5-15-45(50)47-30-38(19-25-52(47)56)36-13-9-11-34(2)27-36/h4-31H,1-2H3. The van der Waals surface area contributed by atoms with Crippen molar-refractivity contribution in [1.82, 2.24) is 9.13 Å². The molecule has 2 aromatic heterocycles. The lowest BCUT2D eigenvalue weighted by Gasteiger charge is -2.14. The van der Waals surface area contributed by atoms with Crippen LogP contribution in [0.15, 0.2) is 170 Å². The van der Waals surface area contributed by atoms with Gasteiger partial charge in [0.05, 0.1) is 40.3 Å². The lowest BCUT2D eigenvalue weighted by molar-refractivity contribution is 1.17. The summed E-state index contributed by atoms with van der Waals surface area (Å²) < 4.78 is 4.48. The third kappa shape index (κ3) is 5.28. The van der Waals surface area contributed by atoms with Gasteiger partial charge in [-0.05, 0) is 108 Å². The van der Waals surface area contributed by atoms with Crippen LogP contribution in [0.1, 0.15) is 16.7 Å². The van der Waals surface area contributed by atoms with Crippen molar-refractivity contribution in [1.29, 1.82) is 5.26 Å². The van der Waals surface area contributed by atoms with Gasteiger partial charge in [-0.1, -0.05) is 120 Å². The highest BCUT2D eigenvalue weighted by atomic mass is 15.0. The minimum absolute atomic E-state index is 0.495. The molecule has 0 amide bonds. The van der Waals surface area contributed by atoms with Crippen molar-refractivity contribution >= 4 is 49.3 Å². The van der Waals surface area contributed by atoms with Gasteiger partial charge in [-0.15, -0.1) is 0 Å². The second-order valence-corrected chi connectivity index (χ2v) is 14.6. The van der Waals surface area contributed by atoms with E-state index in [-0.39, 0.29) is 0 Å². The molecule has 8 aromatic carbocycles. The molecular formula is C52H34N4. The first kappa shape index (κ1) is 32.9. The van der Waals surface area contributed by atoms with E-state index in [9.17, 15) is 5.26 Å². The molecule has 2 heterocycles. The molecular weight excluding hydrogens is 681 g/mol. The first-order chi connectivity index (χ1) is 27.5. The Morgan fingerprint density at radius 3 is 1.45 bits per heavy atom. The first-order valence-corrected chi connectivity index (χ1v) is 18.8. The zero-order valence-electron chi connectivity index (χ0n) is 31.0. The summed E-state index contributed by atoms with van der Waals surface area (Å²) in [4.78, 5) is 4.03. The molecule has 0 atom stereocenters. The molecule has 0 aliphatic heterocycles. The Bertz CT molecular complexity index is 3080. The van der Waals surface area contributed by atoms with Gasteiger partial charge in [-0.3, -0.25) is 0 Å². The predicted molar refractivity (Wildman–Crippen MR) is 232 cm³/mol. The number of fused-ring (bicyclic) bond motifs is 6. The lowest BCUT2D eigenvalue weighted by atomic mass is 9.97. The van der Waals surface area contributed by atoms with Gasteiger partial charge in [0.2, 0.25) is 0 Å². The quantitative estimate of drug-likeness (QED) is 0.164. The zero-order chi connectivity index (χ0) is 37.9. The molecule has 262 valence electrons. The van der Waals surface area contributed by atoms with Crippen LogP contribution in [0.25, 0.3) is 93.2 Å². The Morgan fingerprint density at radius 2 is 0.929 bits per heavy atom. The van der Waals surface area contributed by atoms with E-state index in [4.69, 9.17) is 6.57 Å². The summed E-state index contributed by atoms with van der Waals surface area (Å²) in [6.07, 6.45) is 0. The smallest absolute Gasteiger partial charge is 0.197 e. The highest BCUT2D eigenvalue weighted by Crippen LogP contribution is 2.41. The van der Waals surface area contributed by atoms with Crippen LogP contribution in [-0.2, 0) is 0 Å². The SMILES string of the molecule is [C-]#[N+]c1cc(-n2c3ccccc3c3cc(-c4cccc(C)c4)ccc32)ccc1-c1ccc(-n2c3ccccc3c3cc(-c4cccc(C)c4)ccc32)cc1C#N. The van der Waals surface area contributed by atoms with Crippen LogP contribution >= 0.6 is 0 Å². The van der Waals surface area contributed by atoms with Gasteiger partial charge in [-0.2, -0.15) is 5.26 Å². The van der Waals surface area contributed by atoms with Crippen molar-refractivity contribution in [2.45, 2.75) is 13.8 Å². The molecule has 56 heavy (non-hydrogen) atoms. The maximum Gasteiger partial charge on any atom is 0.197 e. The van der Waals surface area contributed by atoms with E-state index in [1.807, 2.05) is 24.3 Å². The molecule has 4 nitrogen and oxygen atoms in total. The number of para-hydroxylation sites is 2. The predicted octanol–water partition coefficient (Wildman–Crippen LogP) is 13.9. The summed E-state index contributed by atoms with van der Waals surface area (Å²) in [6, 6.07) is 61.8. The average molecular weight is 715 g/mol. The van der Waals surface area contributed by atoms with Crippen LogP contribution in [-0.4, -0.2) is 9.13 Å². The van der Waals surface area contributed by atoms with Gasteiger partial charge in [0.15, 0.2) is 5.69 Å². The highest BCUT2D eigenvalue weighted by molar-refractivity contribution is 6.12. The van der Waals surface area contributed by atoms with Gasteiger partial charge in [0.25, 0.3) is 0 Å². The van der Waals surface area contributed by atoms with Crippen molar-refractivity contribution in [2.75, 3.05) is 0 Å². The Labute approximate surface area is 325 Å². The summed E-state index contributed by atoms with van der Waals surface area (Å²) >= 11 is 0. The fourth-order valence-electron chi connectivity index (χ4n) is 8.49. The molecule has 0 aliphatic rings. The Balaban J connectivity index is 1.08. The largest absolute Gasteiger partial charge is 0.311 e. The summed E-state index contributed by atoms with van der Waals surface area (Å²) in [5.74, 6) is 0. The minimum atomic E-state index is 0.495. The zero-order valence-corrected chi connectivity index (χ0v) is 31.0. The van der Waals surface area contributed by atoms with E-state index in [1.165, 1.54) is 33.4 Å². The second-order valence-electron chi connectivity index (χ2n) is 14.6. The number of nitrogens with zero attached hydrogens (tertiary/aromatic N) is 4. The average Bonchev–Trinajstić information content (AvgIpc) is 3.75. The fourth-order valence-corrected chi connectivity index (χ4v) is 8.49. The maximum absolute atomic E-state index is 10.6. The van der Waals surface area contributed by atoms with Crippen LogP contribution in [0.3, 0.4) is 0 Å². The molecule has 0 radical (unpaired) electrons. The summed E-state index contributed by atoms with van der Waals surface area (Å²) in [6.45, 7) is 12.5. The number of aromatic nitrogens is 2. The molecule has 0 fully saturated rings. The number of aryl methyl sites for hydroxylation is 2. The highest BCUT2D eigenvalue weighted by Gasteiger charge is 2.19. The summed E-state index contributed by atoms with van der Waals surface area (Å²) in [5, 5.41) is 15.2. The molecule has 0 bridgehead atoms. The number of rotatable bonds is 5. The fraction of sp³-hybridized carbons (Fsp3) is 0.0385. The van der Waals surface area contributed by atoms with Gasteiger partial charge in [-0.25, -0.2) is 4.85 Å². The third-order valence-corrected chi connectivity index (χ3v) is 11.1. The van der Waals surface area contributed by atoms with E-state index < -0.39 is 0 Å². The van der Waals surface area contributed by atoms with E-state index in [0.717, 1.165) is 66.1 Å². The second kappa shape index (κ2) is 13.0. The maximum atomic E-state index is 10.6. The topological polar surface area (TPSA) is 38.0 Å². The van der Waals surface area contributed by atoms with Crippen LogP contribution in [0, 0.1) is 31.8 Å². The van der Waals surface area contributed by atoms with Crippen molar-refractivity contribution < 1.29 is 0 Å². The monoisotopic (exact) mass is 714 g/mol. The normalized spacial score (nSPS) is 11.4. The van der Waals surface area contributed by atoms with Crippen LogP contribution in [0.5, 0.6) is 0 Å². The lowest BCUT2D eigenvalue weighted by Crippen LogP contribution is -1.97. The molecule has 0 spiro atoms. The number of nitriles is 1. The van der Waals surface area contributed by atoms with Gasteiger partial charge >= 0.3 is 0 Å². The Kier molecular flexibility index (Phi) is 7.66. The first-order valence-electron chi connectivity index (χ1n) is 18.8. The molecule has 0 aliphatic carbocycles. The van der Waals surface area contributed by atoms with Crippen molar-refractivity contribution in [2.24, 2.45) is 0 Å². The van der Waals surface area contributed by atoms with Crippen LogP contribution in [0.2, 0.25) is 0 Å². The van der Waals surface area contributed by atoms with E-state index in [2.05, 4.69) is 179 Å². The van der Waals surface area contributed by atoms with Crippen LogP contribution < -0.4 is 0 Å². The van der Waals surface area contributed by atoms with E-state index in [1.54, 1.807) is 0 Å². The summed E-state index contributed by atoms with van der Waals surface area (Å²) in [5.41, 5.74) is 15.7. The molecule has 0 N–H and O–H groups in total. The molecule has 10 aromatic rings. The van der Waals surface area contributed by atoms with Crippen LogP contribution in [0.4, 0.5) is 5.69 Å². The molecule has 4 heteroatoms. The van der Waals surface area contributed by atoms with Gasteiger partial charge < -0.3 is 9.13 Å². The molecule has 0 saturated heterocycles.